The molecule has 0 heterocycles. The quantitative estimate of drug-likeness (QED) is 0.912. The van der Waals surface area contributed by atoms with E-state index in [2.05, 4.69) is 32.9 Å². The van der Waals surface area contributed by atoms with Gasteiger partial charge in [-0.3, -0.25) is 4.79 Å². The van der Waals surface area contributed by atoms with Gasteiger partial charge in [0.15, 0.2) is 0 Å². The first-order valence-electron chi connectivity index (χ1n) is 7.80. The average Bonchev–Trinajstić information content (AvgIpc) is 2.42. The van der Waals surface area contributed by atoms with Gasteiger partial charge in [0, 0.05) is 12.3 Å². The van der Waals surface area contributed by atoms with Gasteiger partial charge in [-0.05, 0) is 75.6 Å². The molecule has 0 aromatic heterocycles. The summed E-state index contributed by atoms with van der Waals surface area (Å²) in [5.41, 5.74) is 10.7. The van der Waals surface area contributed by atoms with Crippen LogP contribution in [-0.2, 0) is 11.2 Å². The summed E-state index contributed by atoms with van der Waals surface area (Å²) in [6, 6.07) is 4.36. The highest BCUT2D eigenvalue weighted by molar-refractivity contribution is 5.84. The van der Waals surface area contributed by atoms with Gasteiger partial charge < -0.3 is 5.73 Å². The van der Waals surface area contributed by atoms with Gasteiger partial charge in [0.1, 0.15) is 5.78 Å². The second kappa shape index (κ2) is 6.53. The second-order valence-corrected chi connectivity index (χ2v) is 6.47. The van der Waals surface area contributed by atoms with Crippen molar-refractivity contribution < 1.29 is 4.79 Å². The molecular weight excluding hydrogens is 246 g/mol. The minimum atomic E-state index is 0.262. The van der Waals surface area contributed by atoms with E-state index >= 15 is 0 Å². The lowest BCUT2D eigenvalue weighted by atomic mass is 9.78. The number of carbonyl (C=O) groups is 1. The summed E-state index contributed by atoms with van der Waals surface area (Å²) in [6.07, 6.45) is 4.92. The van der Waals surface area contributed by atoms with Crippen molar-refractivity contribution in [3.63, 3.8) is 0 Å². The topological polar surface area (TPSA) is 43.1 Å². The molecular formula is C18H27NO. The van der Waals surface area contributed by atoms with E-state index in [0.717, 1.165) is 32.2 Å². The molecule has 1 fully saturated rings. The zero-order valence-corrected chi connectivity index (χ0v) is 13.0. The maximum Gasteiger partial charge on any atom is 0.140 e. The summed E-state index contributed by atoms with van der Waals surface area (Å²) in [4.78, 5) is 12.5. The van der Waals surface area contributed by atoms with Crippen LogP contribution in [0.3, 0.4) is 0 Å². The van der Waals surface area contributed by atoms with Crippen molar-refractivity contribution in [2.75, 3.05) is 6.54 Å². The van der Waals surface area contributed by atoms with Crippen LogP contribution < -0.4 is 5.73 Å². The molecule has 20 heavy (non-hydrogen) atoms. The fourth-order valence-electron chi connectivity index (χ4n) is 3.53. The largest absolute Gasteiger partial charge is 0.330 e. The normalized spacial score (nSPS) is 22.8. The summed E-state index contributed by atoms with van der Waals surface area (Å²) in [5.74, 6) is 1.33. The van der Waals surface area contributed by atoms with Crippen molar-refractivity contribution in [2.24, 2.45) is 17.6 Å². The third kappa shape index (κ3) is 3.49. The standard InChI is InChI=1S/C18H27NO/c1-12-8-13(2)17(14(3)9-12)10-18(20)16-6-4-15(11-19)5-7-16/h8-9,15-16H,4-7,10-11,19H2,1-3H3. The zero-order chi connectivity index (χ0) is 14.7. The SMILES string of the molecule is Cc1cc(C)c(CC(=O)C2CCC(CN)CC2)c(C)c1. The number of Topliss-reactive ketones (excluding diaryl/α,β-unsaturated/α-hetero) is 1. The van der Waals surface area contributed by atoms with Crippen LogP contribution in [0.1, 0.15) is 47.9 Å². The molecule has 2 N–H and O–H groups in total. The third-order valence-corrected chi connectivity index (χ3v) is 4.83. The number of carbonyl (C=O) groups excluding carboxylic acids is 1. The van der Waals surface area contributed by atoms with Crippen molar-refractivity contribution >= 4 is 5.78 Å². The smallest absolute Gasteiger partial charge is 0.140 e. The highest BCUT2D eigenvalue weighted by Crippen LogP contribution is 2.30. The van der Waals surface area contributed by atoms with Crippen LogP contribution in [0.15, 0.2) is 12.1 Å². The third-order valence-electron chi connectivity index (χ3n) is 4.83. The molecule has 0 amide bonds. The molecule has 2 rings (SSSR count). The molecule has 110 valence electrons. The summed E-state index contributed by atoms with van der Waals surface area (Å²) in [6.45, 7) is 7.12. The Labute approximate surface area is 122 Å². The van der Waals surface area contributed by atoms with Gasteiger partial charge in [-0.2, -0.15) is 0 Å². The number of aryl methyl sites for hydroxylation is 3. The zero-order valence-electron chi connectivity index (χ0n) is 13.0. The van der Waals surface area contributed by atoms with Crippen molar-refractivity contribution in [3.05, 3.63) is 34.4 Å². The van der Waals surface area contributed by atoms with Crippen LogP contribution in [0.4, 0.5) is 0 Å². The number of hydrogen-bond acceptors (Lipinski definition) is 2. The first kappa shape index (κ1) is 15.2. The molecule has 0 saturated heterocycles. The minimum absolute atomic E-state index is 0.262. The number of hydrogen-bond donors (Lipinski definition) is 1. The van der Waals surface area contributed by atoms with Gasteiger partial charge >= 0.3 is 0 Å². The lowest BCUT2D eigenvalue weighted by Crippen LogP contribution is -2.26. The maximum atomic E-state index is 12.5. The predicted octanol–water partition coefficient (Wildman–Crippen LogP) is 3.49. The Bertz CT molecular complexity index is 461. The molecule has 0 aliphatic heterocycles. The van der Waals surface area contributed by atoms with Gasteiger partial charge in [-0.15, -0.1) is 0 Å². The van der Waals surface area contributed by atoms with Crippen LogP contribution in [0.5, 0.6) is 0 Å². The highest BCUT2D eigenvalue weighted by atomic mass is 16.1. The van der Waals surface area contributed by atoms with E-state index in [1.165, 1.54) is 22.3 Å². The number of rotatable bonds is 4. The Balaban J connectivity index is 2.02. The van der Waals surface area contributed by atoms with E-state index in [1.54, 1.807) is 0 Å². The highest BCUT2D eigenvalue weighted by Gasteiger charge is 2.26. The van der Waals surface area contributed by atoms with Crippen LogP contribution in [0, 0.1) is 32.6 Å². The average molecular weight is 273 g/mol. The van der Waals surface area contributed by atoms with Gasteiger partial charge in [0.25, 0.3) is 0 Å². The Morgan fingerprint density at radius 3 is 2.15 bits per heavy atom. The first-order chi connectivity index (χ1) is 9.51. The molecule has 0 radical (unpaired) electrons. The van der Waals surface area contributed by atoms with Gasteiger partial charge in [-0.1, -0.05) is 17.7 Å². The summed E-state index contributed by atoms with van der Waals surface area (Å²) in [7, 11) is 0. The predicted molar refractivity (Wildman–Crippen MR) is 83.9 cm³/mol. The van der Waals surface area contributed by atoms with E-state index in [4.69, 9.17) is 5.73 Å². The molecule has 0 bridgehead atoms. The first-order valence-corrected chi connectivity index (χ1v) is 7.80. The molecule has 1 aliphatic carbocycles. The van der Waals surface area contributed by atoms with Gasteiger partial charge in [-0.25, -0.2) is 0 Å². The van der Waals surface area contributed by atoms with Crippen molar-refractivity contribution in [3.8, 4) is 0 Å². The van der Waals surface area contributed by atoms with Crippen LogP contribution in [0.25, 0.3) is 0 Å². The monoisotopic (exact) mass is 273 g/mol. The van der Waals surface area contributed by atoms with Crippen molar-refractivity contribution in [2.45, 2.75) is 52.9 Å². The fraction of sp³-hybridized carbons (Fsp3) is 0.611. The van der Waals surface area contributed by atoms with E-state index in [9.17, 15) is 4.79 Å². The Morgan fingerprint density at radius 1 is 1.10 bits per heavy atom. The summed E-state index contributed by atoms with van der Waals surface area (Å²) >= 11 is 0. The summed E-state index contributed by atoms with van der Waals surface area (Å²) < 4.78 is 0. The number of nitrogens with two attached hydrogens (primary N) is 1. The van der Waals surface area contributed by atoms with E-state index in [1.807, 2.05) is 0 Å². The number of benzene rings is 1. The van der Waals surface area contributed by atoms with Crippen LogP contribution in [0.2, 0.25) is 0 Å². The number of ketones is 1. The van der Waals surface area contributed by atoms with E-state index < -0.39 is 0 Å². The molecule has 1 aliphatic rings. The fourth-order valence-corrected chi connectivity index (χ4v) is 3.53. The van der Waals surface area contributed by atoms with Crippen LogP contribution >= 0.6 is 0 Å². The Morgan fingerprint density at radius 2 is 1.65 bits per heavy atom. The van der Waals surface area contributed by atoms with Gasteiger partial charge in [0.05, 0.1) is 0 Å². The maximum absolute atomic E-state index is 12.5. The molecule has 1 aromatic rings. The van der Waals surface area contributed by atoms with Gasteiger partial charge in [0.2, 0.25) is 0 Å². The lowest BCUT2D eigenvalue weighted by Gasteiger charge is -2.27. The molecule has 1 aromatic carbocycles. The molecule has 0 spiro atoms. The van der Waals surface area contributed by atoms with Crippen molar-refractivity contribution in [1.82, 2.24) is 0 Å². The molecule has 0 unspecified atom stereocenters. The van der Waals surface area contributed by atoms with Crippen LogP contribution in [-0.4, -0.2) is 12.3 Å². The van der Waals surface area contributed by atoms with E-state index in [0.29, 0.717) is 18.1 Å². The Kier molecular flexibility index (Phi) is 4.98. The minimum Gasteiger partial charge on any atom is -0.330 e. The molecule has 2 heteroatoms. The second-order valence-electron chi connectivity index (χ2n) is 6.47. The lowest BCUT2D eigenvalue weighted by molar-refractivity contribution is -0.123. The van der Waals surface area contributed by atoms with Crippen molar-refractivity contribution in [1.29, 1.82) is 0 Å². The van der Waals surface area contributed by atoms with E-state index in [-0.39, 0.29) is 5.92 Å². The molecule has 1 saturated carbocycles. The Hall–Kier alpha value is -1.15. The summed E-state index contributed by atoms with van der Waals surface area (Å²) in [5, 5.41) is 0. The molecule has 2 nitrogen and oxygen atoms in total. The molecule has 0 atom stereocenters.